The van der Waals surface area contributed by atoms with E-state index in [9.17, 15) is 9.59 Å². The molecule has 0 atom stereocenters. The van der Waals surface area contributed by atoms with Gasteiger partial charge in [0.05, 0.1) is 13.4 Å². The number of hydrogen-bond acceptors (Lipinski definition) is 4. The van der Waals surface area contributed by atoms with Crippen molar-refractivity contribution in [1.29, 1.82) is 0 Å². The first-order valence-electron chi connectivity index (χ1n) is 8.72. The van der Waals surface area contributed by atoms with Crippen LogP contribution in [0, 0.1) is 0 Å². The number of rotatable bonds is 8. The van der Waals surface area contributed by atoms with Crippen LogP contribution in [-0.2, 0) is 27.4 Å². The normalized spacial score (nSPS) is 10.3. The van der Waals surface area contributed by atoms with E-state index in [4.69, 9.17) is 0 Å². The lowest BCUT2D eigenvalue weighted by atomic mass is 10.2. The van der Waals surface area contributed by atoms with Crippen molar-refractivity contribution in [2.75, 3.05) is 7.11 Å². The maximum Gasteiger partial charge on any atom is 0.155 e. The summed E-state index contributed by atoms with van der Waals surface area (Å²) in [5.41, 5.74) is 2.47. The second-order valence-electron chi connectivity index (χ2n) is 5.95. The Balaban J connectivity index is 0.000000445. The minimum atomic E-state index is 0.00171. The van der Waals surface area contributed by atoms with Crippen molar-refractivity contribution in [2.45, 2.75) is 26.9 Å². The number of methoxy groups -OCH3 is 1. The maximum absolute atomic E-state index is 11.1. The predicted octanol–water partition coefficient (Wildman–Crippen LogP) is 4.53. The van der Waals surface area contributed by atoms with Crippen molar-refractivity contribution in [2.24, 2.45) is 0 Å². The summed E-state index contributed by atoms with van der Waals surface area (Å²) in [6, 6.07) is 20.5. The van der Waals surface area contributed by atoms with Gasteiger partial charge in [-0.05, 0) is 31.1 Å². The van der Waals surface area contributed by atoms with Crippen LogP contribution >= 0.6 is 0 Å². The average Bonchev–Trinajstić information content (AvgIpc) is 2.66. The summed E-state index contributed by atoms with van der Waals surface area (Å²) in [5, 5.41) is 0. The third kappa shape index (κ3) is 11.2. The molecule has 0 aliphatic rings. The lowest BCUT2D eigenvalue weighted by molar-refractivity contribution is -0.113. The van der Waals surface area contributed by atoms with E-state index in [0.29, 0.717) is 0 Å². The Hall–Kier alpha value is -3.14. The van der Waals surface area contributed by atoms with Crippen LogP contribution < -0.4 is 0 Å². The van der Waals surface area contributed by atoms with E-state index in [2.05, 4.69) is 33.9 Å². The van der Waals surface area contributed by atoms with Gasteiger partial charge in [-0.15, -0.1) is 0 Å². The van der Waals surface area contributed by atoms with Gasteiger partial charge in [-0.3, -0.25) is 9.59 Å². The van der Waals surface area contributed by atoms with Gasteiger partial charge in [0.15, 0.2) is 11.6 Å². The molecule has 0 bridgehead atoms. The number of carbonyl (C=O) groups excluding carboxylic acids is 2. The average molecular weight is 365 g/mol. The number of carbonyl (C=O) groups is 2. The van der Waals surface area contributed by atoms with Crippen molar-refractivity contribution in [1.82, 2.24) is 4.90 Å². The first kappa shape index (κ1) is 21.9. The summed E-state index contributed by atoms with van der Waals surface area (Å²) in [7, 11) is 1.50. The minimum absolute atomic E-state index is 0.00171. The molecule has 0 saturated heterocycles. The Kier molecular flexibility index (Phi) is 10.6. The molecule has 4 nitrogen and oxygen atoms in total. The van der Waals surface area contributed by atoms with E-state index in [1.807, 2.05) is 42.6 Å². The molecule has 0 fully saturated rings. The molecule has 0 saturated carbocycles. The number of nitrogens with zero attached hydrogens (tertiary/aromatic N) is 1. The van der Waals surface area contributed by atoms with Crippen molar-refractivity contribution in [3.8, 4) is 0 Å². The maximum atomic E-state index is 11.1. The highest BCUT2D eigenvalue weighted by molar-refractivity contribution is 5.87. The van der Waals surface area contributed by atoms with E-state index in [-0.39, 0.29) is 11.6 Å². The van der Waals surface area contributed by atoms with Gasteiger partial charge in [0, 0.05) is 25.4 Å². The number of benzene rings is 2. The summed E-state index contributed by atoms with van der Waals surface area (Å²) in [6.45, 7) is 4.62. The molecule has 0 aromatic heterocycles. The van der Waals surface area contributed by atoms with Crippen LogP contribution in [0.2, 0.25) is 0 Å². The van der Waals surface area contributed by atoms with E-state index in [0.717, 1.165) is 13.1 Å². The summed E-state index contributed by atoms with van der Waals surface area (Å²) in [6.07, 6.45) is 6.20. The van der Waals surface area contributed by atoms with Gasteiger partial charge in [0.2, 0.25) is 0 Å². The third-order valence-electron chi connectivity index (χ3n) is 3.42. The Morgan fingerprint density at radius 2 is 1.26 bits per heavy atom. The highest BCUT2D eigenvalue weighted by atomic mass is 16.5. The molecule has 0 spiro atoms. The Morgan fingerprint density at radius 3 is 1.59 bits per heavy atom. The quantitative estimate of drug-likeness (QED) is 0.509. The van der Waals surface area contributed by atoms with E-state index in [1.54, 1.807) is 13.0 Å². The van der Waals surface area contributed by atoms with Crippen LogP contribution in [0.15, 0.2) is 85.3 Å². The SMILES string of the molecule is CC(=O)/C=C/N(Cc1ccccc1)Cc1ccccc1.CO/C=C/C(C)=O. The van der Waals surface area contributed by atoms with E-state index in [1.165, 1.54) is 37.5 Å². The summed E-state index contributed by atoms with van der Waals surface area (Å²) < 4.78 is 4.45. The second-order valence-corrected chi connectivity index (χ2v) is 5.95. The highest BCUT2D eigenvalue weighted by Crippen LogP contribution is 2.10. The molecule has 142 valence electrons. The summed E-state index contributed by atoms with van der Waals surface area (Å²) >= 11 is 0. The first-order valence-corrected chi connectivity index (χ1v) is 8.72. The topological polar surface area (TPSA) is 46.6 Å². The van der Waals surface area contributed by atoms with Crippen molar-refractivity contribution < 1.29 is 14.3 Å². The second kappa shape index (κ2) is 13.1. The third-order valence-corrected chi connectivity index (χ3v) is 3.42. The van der Waals surface area contributed by atoms with Crippen LogP contribution in [-0.4, -0.2) is 23.6 Å². The highest BCUT2D eigenvalue weighted by Gasteiger charge is 2.02. The molecule has 0 N–H and O–H groups in total. The molecule has 2 aromatic rings. The van der Waals surface area contributed by atoms with Crippen molar-refractivity contribution in [3.05, 3.63) is 96.4 Å². The minimum Gasteiger partial charge on any atom is -0.504 e. The van der Waals surface area contributed by atoms with Crippen LogP contribution in [0.5, 0.6) is 0 Å². The fourth-order valence-electron chi connectivity index (χ4n) is 2.17. The Bertz CT molecular complexity index is 695. The molecule has 27 heavy (non-hydrogen) atoms. The summed E-state index contributed by atoms with van der Waals surface area (Å²) in [4.78, 5) is 23.3. The van der Waals surface area contributed by atoms with E-state index >= 15 is 0 Å². The number of ether oxygens (including phenoxy) is 1. The van der Waals surface area contributed by atoms with Gasteiger partial charge in [0.1, 0.15) is 0 Å². The summed E-state index contributed by atoms with van der Waals surface area (Å²) in [5.74, 6) is 0.0676. The van der Waals surface area contributed by atoms with Crippen LogP contribution in [0.1, 0.15) is 25.0 Å². The molecule has 0 radical (unpaired) electrons. The zero-order valence-electron chi connectivity index (χ0n) is 16.2. The number of ketones is 2. The standard InChI is InChI=1S/C18H19NO.C5H8O2/c1-16(20)12-13-19(14-17-8-4-2-5-9-17)15-18-10-6-3-7-11-18;1-5(6)3-4-7-2/h2-13H,14-15H2,1H3;3-4H,1-2H3/b13-12+;4-3+. The molecule has 4 heteroatoms. The number of allylic oxidation sites excluding steroid dienone is 2. The molecular weight excluding hydrogens is 338 g/mol. The van der Waals surface area contributed by atoms with Crippen LogP contribution in [0.3, 0.4) is 0 Å². The molecule has 2 aromatic carbocycles. The monoisotopic (exact) mass is 365 g/mol. The fourth-order valence-corrected chi connectivity index (χ4v) is 2.17. The molecule has 0 aliphatic carbocycles. The van der Waals surface area contributed by atoms with Gasteiger partial charge in [-0.2, -0.15) is 0 Å². The molecule has 0 amide bonds. The zero-order chi connectivity index (χ0) is 19.9. The van der Waals surface area contributed by atoms with Gasteiger partial charge < -0.3 is 9.64 Å². The van der Waals surface area contributed by atoms with E-state index < -0.39 is 0 Å². The lowest BCUT2D eigenvalue weighted by Gasteiger charge is -2.20. The largest absolute Gasteiger partial charge is 0.504 e. The van der Waals surface area contributed by atoms with Gasteiger partial charge in [-0.25, -0.2) is 0 Å². The molecule has 2 rings (SSSR count). The Labute approximate surface area is 161 Å². The predicted molar refractivity (Wildman–Crippen MR) is 109 cm³/mol. The lowest BCUT2D eigenvalue weighted by Crippen LogP contribution is -2.16. The fraction of sp³-hybridized carbons (Fsp3) is 0.217. The molecule has 0 unspecified atom stereocenters. The van der Waals surface area contributed by atoms with Gasteiger partial charge >= 0.3 is 0 Å². The van der Waals surface area contributed by atoms with Crippen LogP contribution in [0.4, 0.5) is 0 Å². The van der Waals surface area contributed by atoms with Gasteiger partial charge in [-0.1, -0.05) is 60.7 Å². The van der Waals surface area contributed by atoms with Crippen LogP contribution in [0.25, 0.3) is 0 Å². The van der Waals surface area contributed by atoms with Gasteiger partial charge in [0.25, 0.3) is 0 Å². The first-order chi connectivity index (χ1) is 13.0. The van der Waals surface area contributed by atoms with Crippen molar-refractivity contribution >= 4 is 11.6 Å². The Morgan fingerprint density at radius 1 is 0.815 bits per heavy atom. The van der Waals surface area contributed by atoms with Crippen molar-refractivity contribution in [3.63, 3.8) is 0 Å². The molecular formula is C23H27NO3. The zero-order valence-corrected chi connectivity index (χ0v) is 16.2. The number of hydrogen-bond donors (Lipinski definition) is 0. The smallest absolute Gasteiger partial charge is 0.155 e. The molecule has 0 aliphatic heterocycles. The molecule has 0 heterocycles.